The van der Waals surface area contributed by atoms with Gasteiger partial charge in [0, 0.05) is 5.39 Å². The molecule has 6 nitrogen and oxygen atoms in total. The van der Waals surface area contributed by atoms with E-state index in [1.165, 1.54) is 0 Å². The van der Waals surface area contributed by atoms with Gasteiger partial charge in [-0.15, -0.1) is 0 Å². The van der Waals surface area contributed by atoms with E-state index in [0.717, 1.165) is 12.5 Å². The SMILES string of the molecule is COC(=O)CS(=O)(=O)CC(N)c1cc2ccccc2o1. The molecule has 1 aromatic carbocycles. The molecule has 2 aromatic rings. The summed E-state index contributed by atoms with van der Waals surface area (Å²) in [5.41, 5.74) is 6.48. The molecular weight excluding hydrogens is 282 g/mol. The van der Waals surface area contributed by atoms with Gasteiger partial charge in [-0.3, -0.25) is 4.79 Å². The van der Waals surface area contributed by atoms with Gasteiger partial charge in [-0.2, -0.15) is 0 Å². The van der Waals surface area contributed by atoms with Crippen LogP contribution in [0.2, 0.25) is 0 Å². The summed E-state index contributed by atoms with van der Waals surface area (Å²) in [5.74, 6) is -1.49. The smallest absolute Gasteiger partial charge is 0.320 e. The first-order valence-corrected chi connectivity index (χ1v) is 7.75. The first-order chi connectivity index (χ1) is 9.41. The van der Waals surface area contributed by atoms with Gasteiger partial charge in [0.25, 0.3) is 0 Å². The Kier molecular flexibility index (Phi) is 4.10. The molecule has 0 fully saturated rings. The Morgan fingerprint density at radius 2 is 2.10 bits per heavy atom. The standard InChI is InChI=1S/C13H15NO5S/c1-18-13(15)8-20(16,17)7-10(14)12-6-9-4-2-3-5-11(9)19-12/h2-6,10H,7-8,14H2,1H3. The highest BCUT2D eigenvalue weighted by molar-refractivity contribution is 7.92. The number of rotatable bonds is 5. The van der Waals surface area contributed by atoms with Crippen molar-refractivity contribution in [1.29, 1.82) is 0 Å². The zero-order chi connectivity index (χ0) is 14.8. The van der Waals surface area contributed by atoms with Crippen LogP contribution in [0.1, 0.15) is 11.8 Å². The number of methoxy groups -OCH3 is 1. The minimum atomic E-state index is -3.64. The molecular formula is C13H15NO5S. The van der Waals surface area contributed by atoms with E-state index < -0.39 is 27.6 Å². The third-order valence-electron chi connectivity index (χ3n) is 2.81. The maximum Gasteiger partial charge on any atom is 0.320 e. The van der Waals surface area contributed by atoms with Gasteiger partial charge in [-0.1, -0.05) is 18.2 Å². The second-order valence-corrected chi connectivity index (χ2v) is 6.53. The summed E-state index contributed by atoms with van der Waals surface area (Å²) >= 11 is 0. The maximum absolute atomic E-state index is 11.8. The van der Waals surface area contributed by atoms with Crippen molar-refractivity contribution in [3.8, 4) is 0 Å². The van der Waals surface area contributed by atoms with Crippen LogP contribution in [-0.4, -0.2) is 33.0 Å². The van der Waals surface area contributed by atoms with Gasteiger partial charge in [-0.05, 0) is 12.1 Å². The van der Waals surface area contributed by atoms with E-state index >= 15 is 0 Å². The van der Waals surface area contributed by atoms with Crippen LogP contribution in [0.15, 0.2) is 34.7 Å². The van der Waals surface area contributed by atoms with Gasteiger partial charge in [0.1, 0.15) is 17.1 Å². The van der Waals surface area contributed by atoms with Gasteiger partial charge in [0.05, 0.1) is 18.9 Å². The molecule has 7 heteroatoms. The molecule has 0 aliphatic heterocycles. The summed E-state index contributed by atoms with van der Waals surface area (Å²) in [6, 6.07) is 8.16. The van der Waals surface area contributed by atoms with E-state index in [9.17, 15) is 13.2 Å². The lowest BCUT2D eigenvalue weighted by atomic mass is 10.2. The number of carbonyl (C=O) groups is 1. The third-order valence-corrected chi connectivity index (χ3v) is 4.35. The minimum absolute atomic E-state index is 0.373. The molecule has 0 spiro atoms. The second kappa shape index (κ2) is 5.64. The quantitative estimate of drug-likeness (QED) is 0.827. The molecule has 0 saturated carbocycles. The van der Waals surface area contributed by atoms with Crippen LogP contribution < -0.4 is 5.73 Å². The number of ether oxygens (including phenoxy) is 1. The molecule has 0 aliphatic rings. The summed E-state index contributed by atoms with van der Waals surface area (Å²) in [5, 5.41) is 0.850. The van der Waals surface area contributed by atoms with Crippen LogP contribution >= 0.6 is 0 Å². The van der Waals surface area contributed by atoms with E-state index in [1.54, 1.807) is 12.1 Å². The monoisotopic (exact) mass is 297 g/mol. The molecule has 0 saturated heterocycles. The number of hydrogen-bond acceptors (Lipinski definition) is 6. The Labute approximate surface area is 116 Å². The molecule has 20 heavy (non-hydrogen) atoms. The van der Waals surface area contributed by atoms with Crippen molar-refractivity contribution in [1.82, 2.24) is 0 Å². The number of nitrogens with two attached hydrogens (primary N) is 1. The number of hydrogen-bond donors (Lipinski definition) is 1. The van der Waals surface area contributed by atoms with Crippen molar-refractivity contribution in [2.45, 2.75) is 6.04 Å². The molecule has 2 rings (SSSR count). The molecule has 1 aromatic heterocycles. The second-order valence-electron chi connectivity index (χ2n) is 4.42. The van der Waals surface area contributed by atoms with Gasteiger partial charge < -0.3 is 14.9 Å². The number of fused-ring (bicyclic) bond motifs is 1. The van der Waals surface area contributed by atoms with Gasteiger partial charge in [-0.25, -0.2) is 8.42 Å². The van der Waals surface area contributed by atoms with Crippen molar-refractivity contribution in [2.75, 3.05) is 18.6 Å². The van der Waals surface area contributed by atoms with E-state index in [1.807, 2.05) is 18.2 Å². The number of carbonyl (C=O) groups excluding carboxylic acids is 1. The Morgan fingerprint density at radius 1 is 1.40 bits per heavy atom. The number of para-hydroxylation sites is 1. The topological polar surface area (TPSA) is 99.6 Å². The van der Waals surface area contributed by atoms with Crippen LogP contribution in [-0.2, 0) is 19.4 Å². The average molecular weight is 297 g/mol. The fraction of sp³-hybridized carbons (Fsp3) is 0.308. The summed E-state index contributed by atoms with van der Waals surface area (Å²) in [6.07, 6.45) is 0. The van der Waals surface area contributed by atoms with E-state index in [0.29, 0.717) is 11.3 Å². The number of esters is 1. The van der Waals surface area contributed by atoms with Crippen LogP contribution in [0.3, 0.4) is 0 Å². The first-order valence-electron chi connectivity index (χ1n) is 5.92. The molecule has 1 heterocycles. The molecule has 1 unspecified atom stereocenters. The molecule has 2 N–H and O–H groups in total. The zero-order valence-electron chi connectivity index (χ0n) is 10.9. The number of furan rings is 1. The minimum Gasteiger partial charge on any atom is -0.468 e. The van der Waals surface area contributed by atoms with Crippen molar-refractivity contribution in [3.05, 3.63) is 36.1 Å². The van der Waals surface area contributed by atoms with E-state index in [-0.39, 0.29) is 5.75 Å². The molecule has 1 atom stereocenters. The maximum atomic E-state index is 11.8. The van der Waals surface area contributed by atoms with Crippen molar-refractivity contribution in [3.63, 3.8) is 0 Å². The lowest BCUT2D eigenvalue weighted by Gasteiger charge is -2.08. The van der Waals surface area contributed by atoms with Crippen LogP contribution in [0.4, 0.5) is 0 Å². The fourth-order valence-electron chi connectivity index (χ4n) is 1.84. The van der Waals surface area contributed by atoms with Gasteiger partial charge in [0.2, 0.25) is 0 Å². The van der Waals surface area contributed by atoms with Crippen molar-refractivity contribution < 1.29 is 22.4 Å². The lowest BCUT2D eigenvalue weighted by Crippen LogP contribution is -2.26. The highest BCUT2D eigenvalue weighted by Crippen LogP contribution is 2.23. The highest BCUT2D eigenvalue weighted by atomic mass is 32.2. The van der Waals surface area contributed by atoms with Gasteiger partial charge in [0.15, 0.2) is 9.84 Å². The number of sulfone groups is 1. The van der Waals surface area contributed by atoms with Crippen LogP contribution in [0.25, 0.3) is 11.0 Å². The molecule has 0 bridgehead atoms. The Bertz CT molecular complexity index is 686. The first kappa shape index (κ1) is 14.5. The molecule has 0 aliphatic carbocycles. The predicted octanol–water partition coefficient (Wildman–Crippen LogP) is 1.02. The summed E-state index contributed by atoms with van der Waals surface area (Å²) in [6.45, 7) is 0. The van der Waals surface area contributed by atoms with Crippen molar-refractivity contribution in [2.24, 2.45) is 5.73 Å². The molecule has 0 amide bonds. The van der Waals surface area contributed by atoms with Crippen LogP contribution in [0, 0.1) is 0 Å². The summed E-state index contributed by atoms with van der Waals surface area (Å²) in [4.78, 5) is 11.0. The summed E-state index contributed by atoms with van der Waals surface area (Å²) < 4.78 is 33.4. The predicted molar refractivity (Wildman–Crippen MR) is 73.8 cm³/mol. The van der Waals surface area contributed by atoms with Gasteiger partial charge >= 0.3 is 5.97 Å². The lowest BCUT2D eigenvalue weighted by molar-refractivity contribution is -0.137. The number of benzene rings is 1. The Balaban J connectivity index is 2.15. The van der Waals surface area contributed by atoms with Crippen molar-refractivity contribution >= 4 is 26.8 Å². The van der Waals surface area contributed by atoms with E-state index in [2.05, 4.69) is 4.74 Å². The third kappa shape index (κ3) is 3.37. The Hall–Kier alpha value is -1.86. The highest BCUT2D eigenvalue weighted by Gasteiger charge is 2.23. The Morgan fingerprint density at radius 3 is 2.75 bits per heavy atom. The van der Waals surface area contributed by atoms with Crippen LogP contribution in [0.5, 0.6) is 0 Å². The molecule has 108 valence electrons. The normalized spacial score (nSPS) is 13.3. The average Bonchev–Trinajstić information content (AvgIpc) is 2.81. The molecule has 0 radical (unpaired) electrons. The fourth-order valence-corrected chi connectivity index (χ4v) is 3.14. The largest absolute Gasteiger partial charge is 0.468 e. The summed E-state index contributed by atoms with van der Waals surface area (Å²) in [7, 11) is -2.50. The van der Waals surface area contributed by atoms with E-state index in [4.69, 9.17) is 10.2 Å². The zero-order valence-corrected chi connectivity index (χ0v) is 11.7.